The fourth-order valence-electron chi connectivity index (χ4n) is 5.11. The van der Waals surface area contributed by atoms with Crippen LogP contribution in [-0.2, 0) is 10.8 Å². The van der Waals surface area contributed by atoms with Gasteiger partial charge in [-0.05, 0) is 79.4 Å². The molecule has 0 aliphatic carbocycles. The van der Waals surface area contributed by atoms with Crippen molar-refractivity contribution in [1.29, 1.82) is 5.26 Å². The van der Waals surface area contributed by atoms with Crippen molar-refractivity contribution in [2.24, 2.45) is 0 Å². The molecule has 0 fully saturated rings. The molecule has 5 rings (SSSR count). The zero-order valence-electron chi connectivity index (χ0n) is 22.0. The number of rotatable bonds is 2. The quantitative estimate of drug-likeness (QED) is 0.259. The van der Waals surface area contributed by atoms with Gasteiger partial charge in [0.2, 0.25) is 0 Å². The predicted octanol–water partition coefficient (Wildman–Crippen LogP) is 9.19. The first-order valence-corrected chi connectivity index (χ1v) is 12.5. The van der Waals surface area contributed by atoms with Crippen LogP contribution >= 0.6 is 0 Å². The third-order valence-corrected chi connectivity index (χ3v) is 6.97. The smallest absolute Gasteiger partial charge is 0.101 e. The number of nitrogens with zero attached hydrogens (tertiary/aromatic N) is 2. The highest BCUT2D eigenvalue weighted by Crippen LogP contribution is 2.38. The Balaban J connectivity index is 1.76. The van der Waals surface area contributed by atoms with E-state index in [2.05, 4.69) is 126 Å². The molecule has 0 radical (unpaired) electrons. The fraction of sp³-hybridized carbons (Fsp3) is 0.235. The number of pyridine rings is 1. The molecule has 2 heteroatoms. The molecule has 4 aromatic carbocycles. The maximum Gasteiger partial charge on any atom is 0.101 e. The summed E-state index contributed by atoms with van der Waals surface area (Å²) < 4.78 is 0. The van der Waals surface area contributed by atoms with Gasteiger partial charge < -0.3 is 0 Å². The lowest BCUT2D eigenvalue weighted by molar-refractivity contribution is 0.596. The Morgan fingerprint density at radius 2 is 1.14 bits per heavy atom. The van der Waals surface area contributed by atoms with E-state index in [-0.39, 0.29) is 10.8 Å². The Labute approximate surface area is 214 Å². The van der Waals surface area contributed by atoms with E-state index in [9.17, 15) is 5.26 Å². The van der Waals surface area contributed by atoms with Gasteiger partial charge in [-0.2, -0.15) is 5.26 Å². The molecule has 0 bridgehead atoms. The van der Waals surface area contributed by atoms with Crippen LogP contribution in [-0.4, -0.2) is 4.98 Å². The fourth-order valence-corrected chi connectivity index (χ4v) is 5.11. The van der Waals surface area contributed by atoms with Crippen LogP contribution in [0.3, 0.4) is 0 Å². The molecular weight excluding hydrogens is 436 g/mol. The lowest BCUT2D eigenvalue weighted by atomic mass is 9.81. The van der Waals surface area contributed by atoms with E-state index in [0.29, 0.717) is 5.56 Å². The highest BCUT2D eigenvalue weighted by molar-refractivity contribution is 5.94. The van der Waals surface area contributed by atoms with Gasteiger partial charge in [0, 0.05) is 17.3 Å². The molecule has 0 saturated heterocycles. The molecule has 0 N–H and O–H groups in total. The summed E-state index contributed by atoms with van der Waals surface area (Å²) in [4.78, 5) is 4.75. The lowest BCUT2D eigenvalue weighted by Crippen LogP contribution is -2.12. The van der Waals surface area contributed by atoms with Gasteiger partial charge in [0.15, 0.2) is 0 Å². The molecule has 0 spiro atoms. The SMILES string of the molecule is CC(C)(C)c1cc(-c2cc(-c3cc(C(C)(C)C)c4ccccc4c3)c(C#N)cn2)cc2ccccc12. The van der Waals surface area contributed by atoms with E-state index in [1.807, 2.05) is 0 Å². The van der Waals surface area contributed by atoms with Gasteiger partial charge in [-0.3, -0.25) is 4.98 Å². The summed E-state index contributed by atoms with van der Waals surface area (Å²) in [5.74, 6) is 0. The van der Waals surface area contributed by atoms with Crippen molar-refractivity contribution < 1.29 is 0 Å². The van der Waals surface area contributed by atoms with E-state index in [0.717, 1.165) is 22.4 Å². The topological polar surface area (TPSA) is 36.7 Å². The maximum absolute atomic E-state index is 9.99. The van der Waals surface area contributed by atoms with Crippen LogP contribution in [0.4, 0.5) is 0 Å². The second-order valence-corrected chi connectivity index (χ2v) is 11.7. The molecule has 178 valence electrons. The third kappa shape index (κ3) is 4.27. The van der Waals surface area contributed by atoms with Crippen molar-refractivity contribution in [3.63, 3.8) is 0 Å². The third-order valence-electron chi connectivity index (χ3n) is 6.97. The summed E-state index contributed by atoms with van der Waals surface area (Å²) in [6.07, 6.45) is 1.72. The van der Waals surface area contributed by atoms with E-state index < -0.39 is 0 Å². The molecule has 1 aromatic heterocycles. The molecule has 36 heavy (non-hydrogen) atoms. The molecule has 0 unspecified atom stereocenters. The average molecular weight is 469 g/mol. The molecule has 0 amide bonds. The lowest BCUT2D eigenvalue weighted by Gasteiger charge is -2.23. The van der Waals surface area contributed by atoms with E-state index >= 15 is 0 Å². The van der Waals surface area contributed by atoms with E-state index in [1.54, 1.807) is 6.20 Å². The first-order chi connectivity index (χ1) is 17.1. The minimum atomic E-state index is -0.0295. The van der Waals surface area contributed by atoms with Crippen molar-refractivity contribution in [1.82, 2.24) is 4.98 Å². The predicted molar refractivity (Wildman–Crippen MR) is 152 cm³/mol. The highest BCUT2D eigenvalue weighted by atomic mass is 14.7. The zero-order valence-corrected chi connectivity index (χ0v) is 22.0. The average Bonchev–Trinajstić information content (AvgIpc) is 2.85. The summed E-state index contributed by atoms with van der Waals surface area (Å²) in [6.45, 7) is 13.5. The van der Waals surface area contributed by atoms with Crippen LogP contribution in [0.5, 0.6) is 0 Å². The van der Waals surface area contributed by atoms with Crippen LogP contribution in [0.25, 0.3) is 43.9 Å². The van der Waals surface area contributed by atoms with Crippen LogP contribution in [0.2, 0.25) is 0 Å². The highest BCUT2D eigenvalue weighted by Gasteiger charge is 2.21. The van der Waals surface area contributed by atoms with Gasteiger partial charge in [-0.1, -0.05) is 90.1 Å². The molecule has 0 saturated carbocycles. The summed E-state index contributed by atoms with van der Waals surface area (Å²) in [5, 5.41) is 14.9. The van der Waals surface area contributed by atoms with Gasteiger partial charge in [-0.25, -0.2) is 0 Å². The van der Waals surface area contributed by atoms with Gasteiger partial charge in [0.1, 0.15) is 6.07 Å². The zero-order chi connectivity index (χ0) is 25.7. The molecule has 2 nitrogen and oxygen atoms in total. The minimum Gasteiger partial charge on any atom is -0.255 e. The number of hydrogen-bond acceptors (Lipinski definition) is 2. The molecule has 5 aromatic rings. The molecule has 0 aliphatic rings. The van der Waals surface area contributed by atoms with E-state index in [4.69, 9.17) is 4.98 Å². The monoisotopic (exact) mass is 468 g/mol. The summed E-state index contributed by atoms with van der Waals surface area (Å²) in [6, 6.07) is 30.4. The van der Waals surface area contributed by atoms with Crippen LogP contribution in [0.1, 0.15) is 58.2 Å². The largest absolute Gasteiger partial charge is 0.255 e. The first-order valence-electron chi connectivity index (χ1n) is 12.5. The molecule has 0 aliphatic heterocycles. The van der Waals surface area contributed by atoms with Crippen molar-refractivity contribution in [2.75, 3.05) is 0 Å². The summed E-state index contributed by atoms with van der Waals surface area (Å²) >= 11 is 0. The van der Waals surface area contributed by atoms with Crippen molar-refractivity contribution in [2.45, 2.75) is 52.4 Å². The van der Waals surface area contributed by atoms with Crippen LogP contribution in [0.15, 0.2) is 85.1 Å². The number of fused-ring (bicyclic) bond motifs is 2. The molecule has 1 heterocycles. The van der Waals surface area contributed by atoms with Gasteiger partial charge in [0.25, 0.3) is 0 Å². The molecule has 0 atom stereocenters. The van der Waals surface area contributed by atoms with Crippen molar-refractivity contribution >= 4 is 21.5 Å². The van der Waals surface area contributed by atoms with Gasteiger partial charge in [0.05, 0.1) is 11.3 Å². The second kappa shape index (κ2) is 8.61. The number of hydrogen-bond donors (Lipinski definition) is 0. The first kappa shape index (κ1) is 23.8. The Morgan fingerprint density at radius 1 is 0.639 bits per heavy atom. The minimum absolute atomic E-state index is 0.00893. The maximum atomic E-state index is 9.99. The Morgan fingerprint density at radius 3 is 1.67 bits per heavy atom. The summed E-state index contributed by atoms with van der Waals surface area (Å²) in [5.41, 5.74) is 7.04. The normalized spacial score (nSPS) is 12.1. The van der Waals surface area contributed by atoms with Crippen molar-refractivity contribution in [3.8, 4) is 28.5 Å². The number of aromatic nitrogens is 1. The summed E-state index contributed by atoms with van der Waals surface area (Å²) in [7, 11) is 0. The Kier molecular flexibility index (Phi) is 5.68. The Bertz CT molecular complexity index is 1650. The second-order valence-electron chi connectivity index (χ2n) is 11.7. The Hall–Kier alpha value is -3.96. The number of nitriles is 1. The number of benzene rings is 4. The molecular formula is C34H32N2. The van der Waals surface area contributed by atoms with Crippen LogP contribution < -0.4 is 0 Å². The van der Waals surface area contributed by atoms with Gasteiger partial charge in [-0.15, -0.1) is 0 Å². The van der Waals surface area contributed by atoms with Gasteiger partial charge >= 0.3 is 0 Å². The standard InChI is InChI=1S/C34H32N2/c1-33(2,3)30-17-24(15-22-11-7-9-13-27(22)30)29-19-32(36-21-26(29)20-35)25-16-23-12-8-10-14-28(23)31(18-25)34(4,5)6/h7-19,21H,1-6H3. The van der Waals surface area contributed by atoms with Crippen molar-refractivity contribution in [3.05, 3.63) is 102 Å². The van der Waals surface area contributed by atoms with E-state index in [1.165, 1.54) is 32.7 Å². The van der Waals surface area contributed by atoms with Crippen LogP contribution in [0, 0.1) is 11.3 Å².